The number of carbonyl (C=O) groups excluding carboxylic acids is 1. The van der Waals surface area contributed by atoms with Gasteiger partial charge in [-0.05, 0) is 18.4 Å². The van der Waals surface area contributed by atoms with Crippen LogP contribution in [0.3, 0.4) is 0 Å². The summed E-state index contributed by atoms with van der Waals surface area (Å²) in [4.78, 5) is 24.0. The van der Waals surface area contributed by atoms with Gasteiger partial charge in [0.2, 0.25) is 0 Å². The number of unbranched alkanes of at least 4 members (excludes halogenated alkanes) is 1. The number of nitrogens with one attached hydrogen (secondary N) is 1. The van der Waals surface area contributed by atoms with Crippen LogP contribution in [0.15, 0.2) is 30.3 Å². The first kappa shape index (κ1) is 17.5. The van der Waals surface area contributed by atoms with Gasteiger partial charge in [-0.15, -0.1) is 0 Å². The fraction of sp³-hybridized carbons (Fsp3) is 0.438. The first-order valence-corrected chi connectivity index (χ1v) is 7.20. The minimum atomic E-state index is -0.937. The third kappa shape index (κ3) is 6.27. The molecule has 0 aliphatic rings. The van der Waals surface area contributed by atoms with Crippen molar-refractivity contribution in [3.8, 4) is 6.07 Å². The number of aliphatic carboxylic acids is 1. The van der Waals surface area contributed by atoms with Gasteiger partial charge in [0.05, 0.1) is 18.5 Å². The Kier molecular flexibility index (Phi) is 7.48. The maximum absolute atomic E-state index is 12.1. The van der Waals surface area contributed by atoms with Gasteiger partial charge >= 0.3 is 12.0 Å². The van der Waals surface area contributed by atoms with Gasteiger partial charge in [-0.25, -0.2) is 4.79 Å². The van der Waals surface area contributed by atoms with Crippen molar-refractivity contribution in [2.24, 2.45) is 0 Å². The number of carboxylic acid groups (broad SMARTS) is 1. The number of urea groups is 1. The summed E-state index contributed by atoms with van der Waals surface area (Å²) in [7, 11) is 1.57. The second kappa shape index (κ2) is 9.40. The van der Waals surface area contributed by atoms with Gasteiger partial charge in [0.25, 0.3) is 0 Å². The molecule has 0 bridgehead atoms. The van der Waals surface area contributed by atoms with Crippen molar-refractivity contribution >= 4 is 12.0 Å². The summed E-state index contributed by atoms with van der Waals surface area (Å²) >= 11 is 0. The number of nitrogens with zero attached hydrogens (tertiary/aromatic N) is 2. The van der Waals surface area contributed by atoms with Gasteiger partial charge < -0.3 is 15.3 Å². The molecule has 2 N–H and O–H groups in total. The maximum Gasteiger partial charge on any atom is 0.317 e. The van der Waals surface area contributed by atoms with E-state index in [-0.39, 0.29) is 25.0 Å². The van der Waals surface area contributed by atoms with Crippen molar-refractivity contribution in [3.63, 3.8) is 0 Å². The van der Waals surface area contributed by atoms with Gasteiger partial charge in [-0.2, -0.15) is 5.26 Å². The van der Waals surface area contributed by atoms with Crippen molar-refractivity contribution in [1.29, 1.82) is 5.26 Å². The number of nitriles is 1. The summed E-state index contributed by atoms with van der Waals surface area (Å²) in [6, 6.07) is 11.1. The standard InChI is InChI=1S/C16H21N3O3/c1-19(12-10-15(20)21)16(22)18-14(9-5-6-11-17)13-7-3-2-4-8-13/h2-4,7-8,14H,5-6,9-10,12H2,1H3,(H,18,22)(H,20,21). The van der Waals surface area contributed by atoms with Crippen LogP contribution in [0.4, 0.5) is 4.79 Å². The van der Waals surface area contributed by atoms with Crippen molar-refractivity contribution in [3.05, 3.63) is 35.9 Å². The van der Waals surface area contributed by atoms with Crippen molar-refractivity contribution < 1.29 is 14.7 Å². The average Bonchev–Trinajstić information content (AvgIpc) is 2.52. The van der Waals surface area contributed by atoms with Crippen LogP contribution in [0.5, 0.6) is 0 Å². The highest BCUT2D eigenvalue weighted by molar-refractivity contribution is 5.75. The Morgan fingerprint density at radius 3 is 2.64 bits per heavy atom. The van der Waals surface area contributed by atoms with Crippen LogP contribution in [0.25, 0.3) is 0 Å². The van der Waals surface area contributed by atoms with Crippen LogP contribution < -0.4 is 5.32 Å². The molecule has 118 valence electrons. The van der Waals surface area contributed by atoms with Crippen LogP contribution >= 0.6 is 0 Å². The molecule has 0 spiro atoms. The molecule has 0 heterocycles. The van der Waals surface area contributed by atoms with Gasteiger partial charge in [0.1, 0.15) is 0 Å². The minimum absolute atomic E-state index is 0.0889. The highest BCUT2D eigenvalue weighted by Gasteiger charge is 2.17. The Balaban J connectivity index is 2.65. The molecule has 22 heavy (non-hydrogen) atoms. The largest absolute Gasteiger partial charge is 0.481 e. The van der Waals surface area contributed by atoms with E-state index in [0.29, 0.717) is 19.3 Å². The Labute approximate surface area is 130 Å². The lowest BCUT2D eigenvalue weighted by Crippen LogP contribution is -2.40. The molecule has 1 aromatic carbocycles. The highest BCUT2D eigenvalue weighted by Crippen LogP contribution is 2.19. The average molecular weight is 303 g/mol. The fourth-order valence-corrected chi connectivity index (χ4v) is 2.02. The van der Waals surface area contributed by atoms with Crippen molar-refractivity contribution in [2.45, 2.75) is 31.7 Å². The molecule has 2 amide bonds. The lowest BCUT2D eigenvalue weighted by atomic mass is 10.0. The van der Waals surface area contributed by atoms with Crippen molar-refractivity contribution in [2.75, 3.05) is 13.6 Å². The molecule has 0 aliphatic heterocycles. The van der Waals surface area contributed by atoms with Crippen LogP contribution in [0.2, 0.25) is 0 Å². The Morgan fingerprint density at radius 1 is 1.36 bits per heavy atom. The maximum atomic E-state index is 12.1. The molecule has 0 saturated heterocycles. The van der Waals surface area contributed by atoms with Crippen LogP contribution in [0, 0.1) is 11.3 Å². The molecule has 0 aliphatic carbocycles. The molecule has 6 heteroatoms. The number of hydrogen-bond donors (Lipinski definition) is 2. The number of rotatable bonds is 8. The van der Waals surface area contributed by atoms with Gasteiger partial charge in [-0.3, -0.25) is 4.79 Å². The third-order valence-corrected chi connectivity index (χ3v) is 3.29. The lowest BCUT2D eigenvalue weighted by molar-refractivity contribution is -0.137. The second-order valence-corrected chi connectivity index (χ2v) is 5.03. The molecule has 1 unspecified atom stereocenters. The first-order chi connectivity index (χ1) is 10.5. The van der Waals surface area contributed by atoms with E-state index in [0.717, 1.165) is 5.56 Å². The number of hydrogen-bond acceptors (Lipinski definition) is 3. The van der Waals surface area contributed by atoms with E-state index in [4.69, 9.17) is 10.4 Å². The lowest BCUT2D eigenvalue weighted by Gasteiger charge is -2.23. The van der Waals surface area contributed by atoms with E-state index in [1.54, 1.807) is 7.05 Å². The van der Waals surface area contributed by atoms with Gasteiger partial charge in [0, 0.05) is 20.0 Å². The fourth-order valence-electron chi connectivity index (χ4n) is 2.02. The van der Waals surface area contributed by atoms with Crippen molar-refractivity contribution in [1.82, 2.24) is 10.2 Å². The molecule has 0 aromatic heterocycles. The normalized spacial score (nSPS) is 11.3. The van der Waals surface area contributed by atoms with E-state index in [1.807, 2.05) is 30.3 Å². The number of amides is 2. The Morgan fingerprint density at radius 2 is 2.05 bits per heavy atom. The predicted octanol–water partition coefficient (Wildman–Crippen LogP) is 2.54. The predicted molar refractivity (Wildman–Crippen MR) is 82.1 cm³/mol. The van der Waals surface area contributed by atoms with Gasteiger partial charge in [0.15, 0.2) is 0 Å². The number of carbonyl (C=O) groups is 2. The summed E-state index contributed by atoms with van der Waals surface area (Å²) in [5, 5.41) is 20.2. The minimum Gasteiger partial charge on any atom is -0.481 e. The summed E-state index contributed by atoms with van der Waals surface area (Å²) in [6.45, 7) is 0.154. The SMILES string of the molecule is CN(CCC(=O)O)C(=O)NC(CCCC#N)c1ccccc1. The molecular weight excluding hydrogens is 282 g/mol. The molecular formula is C16H21N3O3. The zero-order valence-corrected chi connectivity index (χ0v) is 12.7. The van der Waals surface area contributed by atoms with E-state index in [9.17, 15) is 9.59 Å². The number of carboxylic acids is 1. The summed E-state index contributed by atoms with van der Waals surface area (Å²) in [5.41, 5.74) is 0.973. The summed E-state index contributed by atoms with van der Waals surface area (Å²) < 4.78 is 0. The van der Waals surface area contributed by atoms with Crippen LogP contribution in [0.1, 0.15) is 37.3 Å². The topological polar surface area (TPSA) is 93.4 Å². The monoisotopic (exact) mass is 303 g/mol. The zero-order chi connectivity index (χ0) is 16.4. The molecule has 0 radical (unpaired) electrons. The smallest absolute Gasteiger partial charge is 0.317 e. The summed E-state index contributed by atoms with van der Waals surface area (Å²) in [6.07, 6.45) is 1.70. The first-order valence-electron chi connectivity index (χ1n) is 7.20. The highest BCUT2D eigenvalue weighted by atomic mass is 16.4. The Bertz CT molecular complexity index is 525. The summed E-state index contributed by atoms with van der Waals surface area (Å²) in [5.74, 6) is -0.937. The van der Waals surface area contributed by atoms with E-state index >= 15 is 0 Å². The Hall–Kier alpha value is -2.55. The molecule has 1 rings (SSSR count). The van der Waals surface area contributed by atoms with E-state index in [2.05, 4.69) is 11.4 Å². The molecule has 0 fully saturated rings. The van der Waals surface area contributed by atoms with E-state index < -0.39 is 5.97 Å². The van der Waals surface area contributed by atoms with Gasteiger partial charge in [-0.1, -0.05) is 30.3 Å². The molecule has 1 aromatic rings. The molecule has 1 atom stereocenters. The number of benzene rings is 1. The van der Waals surface area contributed by atoms with E-state index in [1.165, 1.54) is 4.90 Å². The quantitative estimate of drug-likeness (QED) is 0.722. The molecule has 0 saturated carbocycles. The van der Waals surface area contributed by atoms with Crippen LogP contribution in [-0.4, -0.2) is 35.6 Å². The zero-order valence-electron chi connectivity index (χ0n) is 12.7. The second-order valence-electron chi connectivity index (χ2n) is 5.03. The molecule has 6 nitrogen and oxygen atoms in total. The van der Waals surface area contributed by atoms with Crippen LogP contribution in [-0.2, 0) is 4.79 Å². The third-order valence-electron chi connectivity index (χ3n) is 3.29.